The second kappa shape index (κ2) is 7.53. The fraction of sp³-hybridized carbons (Fsp3) is 0.450. The second-order valence-corrected chi connectivity index (χ2v) is 7.35. The molecule has 2 heterocycles. The smallest absolute Gasteiger partial charge is 0.240 e. The Morgan fingerprint density at radius 2 is 1.79 bits per heavy atom. The van der Waals surface area contributed by atoms with Crippen LogP contribution in [0.25, 0.3) is 0 Å². The van der Waals surface area contributed by atoms with Crippen molar-refractivity contribution >= 4 is 17.6 Å². The van der Waals surface area contributed by atoms with E-state index in [0.717, 1.165) is 11.1 Å². The highest BCUT2D eigenvalue weighted by Gasteiger charge is 2.40. The van der Waals surface area contributed by atoms with E-state index in [-0.39, 0.29) is 5.91 Å². The van der Waals surface area contributed by atoms with E-state index in [4.69, 9.17) is 14.0 Å². The van der Waals surface area contributed by atoms with E-state index >= 15 is 0 Å². The third-order valence-electron chi connectivity index (χ3n) is 4.98. The fourth-order valence-electron chi connectivity index (χ4n) is 3.25. The number of methoxy groups -OCH3 is 2. The SMILES string of the molecule is COc1cc2c(cc1OC)CN(C(=O)C(C)(C)C(=O)Nc1cc(C)on1)CC2. The average molecular weight is 387 g/mol. The summed E-state index contributed by atoms with van der Waals surface area (Å²) in [6.45, 7) is 5.90. The Kier molecular flexibility index (Phi) is 5.31. The first-order valence-electron chi connectivity index (χ1n) is 9.04. The van der Waals surface area contributed by atoms with E-state index in [0.29, 0.717) is 42.6 Å². The Morgan fingerprint density at radius 3 is 2.36 bits per heavy atom. The van der Waals surface area contributed by atoms with Crippen LogP contribution < -0.4 is 14.8 Å². The Labute approximate surface area is 163 Å². The molecule has 1 N–H and O–H groups in total. The van der Waals surface area contributed by atoms with Crippen LogP contribution in [0, 0.1) is 12.3 Å². The molecule has 3 rings (SSSR count). The fourth-order valence-corrected chi connectivity index (χ4v) is 3.25. The lowest BCUT2D eigenvalue weighted by molar-refractivity contribution is -0.147. The summed E-state index contributed by atoms with van der Waals surface area (Å²) >= 11 is 0. The number of hydrogen-bond acceptors (Lipinski definition) is 6. The number of carbonyl (C=O) groups is 2. The van der Waals surface area contributed by atoms with Crippen molar-refractivity contribution in [2.24, 2.45) is 5.41 Å². The summed E-state index contributed by atoms with van der Waals surface area (Å²) in [4.78, 5) is 27.5. The Hall–Kier alpha value is -3.03. The summed E-state index contributed by atoms with van der Waals surface area (Å²) in [6.07, 6.45) is 0.682. The van der Waals surface area contributed by atoms with Crippen molar-refractivity contribution in [1.29, 1.82) is 0 Å². The minimum Gasteiger partial charge on any atom is -0.493 e. The highest BCUT2D eigenvalue weighted by molar-refractivity contribution is 6.09. The van der Waals surface area contributed by atoms with Crippen LogP contribution in [0.5, 0.6) is 11.5 Å². The van der Waals surface area contributed by atoms with Gasteiger partial charge in [0.25, 0.3) is 0 Å². The summed E-state index contributed by atoms with van der Waals surface area (Å²) in [5, 5.41) is 6.40. The first kappa shape index (κ1) is 19.7. The van der Waals surface area contributed by atoms with Gasteiger partial charge in [-0.1, -0.05) is 5.16 Å². The van der Waals surface area contributed by atoms with E-state index in [1.165, 1.54) is 0 Å². The van der Waals surface area contributed by atoms with E-state index < -0.39 is 11.3 Å². The van der Waals surface area contributed by atoms with Gasteiger partial charge >= 0.3 is 0 Å². The highest BCUT2D eigenvalue weighted by atomic mass is 16.5. The van der Waals surface area contributed by atoms with Gasteiger partial charge in [-0.15, -0.1) is 0 Å². The van der Waals surface area contributed by atoms with E-state index in [1.54, 1.807) is 46.0 Å². The van der Waals surface area contributed by atoms with E-state index in [9.17, 15) is 9.59 Å². The molecule has 1 aliphatic heterocycles. The molecular formula is C20H25N3O5. The molecule has 0 aliphatic carbocycles. The molecule has 0 radical (unpaired) electrons. The van der Waals surface area contributed by atoms with Crippen LogP contribution in [0.4, 0.5) is 5.82 Å². The molecule has 8 heteroatoms. The number of carbonyl (C=O) groups excluding carboxylic acids is 2. The predicted octanol–water partition coefficient (Wildman–Crippen LogP) is 2.55. The summed E-state index contributed by atoms with van der Waals surface area (Å²) in [5.41, 5.74) is 0.851. The molecule has 1 aromatic heterocycles. The molecule has 0 fully saturated rings. The largest absolute Gasteiger partial charge is 0.493 e. The standard InChI is InChI=1S/C20H25N3O5/c1-12-8-17(22-28-12)21-18(24)20(2,3)19(25)23-7-6-13-9-15(26-4)16(27-5)10-14(13)11-23/h8-10H,6-7,11H2,1-5H3,(H,21,22,24). The number of aryl methyl sites for hydroxylation is 1. The van der Waals surface area contributed by atoms with Gasteiger partial charge in [-0.2, -0.15) is 0 Å². The van der Waals surface area contributed by atoms with Crippen molar-refractivity contribution in [3.8, 4) is 11.5 Å². The van der Waals surface area contributed by atoms with Crippen LogP contribution in [-0.4, -0.2) is 42.6 Å². The van der Waals surface area contributed by atoms with E-state index in [1.807, 2.05) is 12.1 Å². The quantitative estimate of drug-likeness (QED) is 0.793. The molecule has 0 atom stereocenters. The Balaban J connectivity index is 1.76. The molecule has 0 bridgehead atoms. The second-order valence-electron chi connectivity index (χ2n) is 7.35. The molecule has 8 nitrogen and oxygen atoms in total. The first-order chi connectivity index (χ1) is 13.3. The first-order valence-corrected chi connectivity index (χ1v) is 9.04. The van der Waals surface area contributed by atoms with Crippen molar-refractivity contribution < 1.29 is 23.6 Å². The van der Waals surface area contributed by atoms with E-state index in [2.05, 4.69) is 10.5 Å². The maximum absolute atomic E-state index is 13.1. The zero-order valence-corrected chi connectivity index (χ0v) is 16.8. The minimum atomic E-state index is -1.25. The van der Waals surface area contributed by atoms with Gasteiger partial charge in [0, 0.05) is 19.2 Å². The van der Waals surface area contributed by atoms with Gasteiger partial charge in [0.15, 0.2) is 17.3 Å². The maximum atomic E-state index is 13.1. The molecule has 150 valence electrons. The predicted molar refractivity (Wildman–Crippen MR) is 102 cm³/mol. The van der Waals surface area contributed by atoms with Gasteiger partial charge in [0.05, 0.1) is 14.2 Å². The highest BCUT2D eigenvalue weighted by Crippen LogP contribution is 2.34. The lowest BCUT2D eigenvalue weighted by Gasteiger charge is -2.34. The van der Waals surface area contributed by atoms with Crippen LogP contribution in [0.2, 0.25) is 0 Å². The van der Waals surface area contributed by atoms with Crippen LogP contribution in [0.3, 0.4) is 0 Å². The number of fused-ring (bicyclic) bond motifs is 1. The lowest BCUT2D eigenvalue weighted by atomic mass is 9.88. The minimum absolute atomic E-state index is 0.245. The van der Waals surface area contributed by atoms with Gasteiger partial charge in [-0.05, 0) is 50.5 Å². The van der Waals surface area contributed by atoms with Gasteiger partial charge < -0.3 is 24.2 Å². The number of nitrogens with one attached hydrogen (secondary N) is 1. The topological polar surface area (TPSA) is 93.9 Å². The summed E-state index contributed by atoms with van der Waals surface area (Å²) < 4.78 is 15.7. The normalized spacial score (nSPS) is 13.7. The molecule has 2 aromatic rings. The molecular weight excluding hydrogens is 362 g/mol. The summed E-state index contributed by atoms with van der Waals surface area (Å²) in [6, 6.07) is 5.44. The van der Waals surface area contributed by atoms with Crippen molar-refractivity contribution in [1.82, 2.24) is 10.1 Å². The molecule has 1 aromatic carbocycles. The number of amides is 2. The number of nitrogens with zero attached hydrogens (tertiary/aromatic N) is 2. The van der Waals surface area contributed by atoms with Crippen LogP contribution in [0.1, 0.15) is 30.7 Å². The number of benzene rings is 1. The molecule has 0 saturated heterocycles. The van der Waals surface area contributed by atoms with Crippen LogP contribution in [0.15, 0.2) is 22.7 Å². The van der Waals surface area contributed by atoms with Gasteiger partial charge in [-0.3, -0.25) is 9.59 Å². The summed E-state index contributed by atoms with van der Waals surface area (Å²) in [7, 11) is 3.18. The number of hydrogen-bond donors (Lipinski definition) is 1. The number of rotatable bonds is 5. The van der Waals surface area contributed by atoms with Crippen LogP contribution >= 0.6 is 0 Å². The maximum Gasteiger partial charge on any atom is 0.240 e. The monoisotopic (exact) mass is 387 g/mol. The van der Waals surface area contributed by atoms with Crippen molar-refractivity contribution in [3.63, 3.8) is 0 Å². The number of anilines is 1. The molecule has 0 spiro atoms. The average Bonchev–Trinajstić information content (AvgIpc) is 3.10. The lowest BCUT2D eigenvalue weighted by Crippen LogP contribution is -2.48. The molecule has 0 unspecified atom stereocenters. The molecule has 1 aliphatic rings. The van der Waals surface area contributed by atoms with Crippen molar-refractivity contribution in [3.05, 3.63) is 35.1 Å². The zero-order chi connectivity index (χ0) is 20.5. The Bertz CT molecular complexity index is 903. The van der Waals surface area contributed by atoms with Crippen LogP contribution in [-0.2, 0) is 22.6 Å². The van der Waals surface area contributed by atoms with Gasteiger partial charge in [0.2, 0.25) is 11.8 Å². The molecule has 2 amide bonds. The third kappa shape index (κ3) is 3.67. The van der Waals surface area contributed by atoms with Crippen molar-refractivity contribution in [2.45, 2.75) is 33.7 Å². The molecule has 28 heavy (non-hydrogen) atoms. The van der Waals surface area contributed by atoms with Gasteiger partial charge in [-0.25, -0.2) is 0 Å². The summed E-state index contributed by atoms with van der Waals surface area (Å²) in [5.74, 6) is 1.49. The molecule has 0 saturated carbocycles. The number of aromatic nitrogens is 1. The van der Waals surface area contributed by atoms with Crippen molar-refractivity contribution in [2.75, 3.05) is 26.1 Å². The number of ether oxygens (including phenoxy) is 2. The zero-order valence-electron chi connectivity index (χ0n) is 16.8. The Morgan fingerprint density at radius 1 is 1.14 bits per heavy atom. The third-order valence-corrected chi connectivity index (χ3v) is 4.98. The van der Waals surface area contributed by atoms with Gasteiger partial charge in [0.1, 0.15) is 11.2 Å².